The van der Waals surface area contributed by atoms with Gasteiger partial charge >= 0.3 is 0 Å². The molecule has 2 aliphatic rings. The number of benzene rings is 2. The highest BCUT2D eigenvalue weighted by Gasteiger charge is 2.20. The van der Waals surface area contributed by atoms with Gasteiger partial charge in [-0.15, -0.1) is 0 Å². The third kappa shape index (κ3) is 5.07. The van der Waals surface area contributed by atoms with Crippen molar-refractivity contribution in [1.29, 1.82) is 0 Å². The molecule has 0 heterocycles. The second-order valence-corrected chi connectivity index (χ2v) is 8.92. The Balaban J connectivity index is 1.54. The zero-order valence-electron chi connectivity index (χ0n) is 17.4. The Labute approximate surface area is 174 Å². The van der Waals surface area contributed by atoms with Crippen molar-refractivity contribution in [2.75, 3.05) is 0 Å². The van der Waals surface area contributed by atoms with Crippen LogP contribution in [0.5, 0.6) is 23.0 Å². The Kier molecular flexibility index (Phi) is 6.63. The van der Waals surface area contributed by atoms with Crippen LogP contribution in [-0.2, 0) is 0 Å². The molecule has 156 valence electrons. The highest BCUT2D eigenvalue weighted by molar-refractivity contribution is 5.46. The van der Waals surface area contributed by atoms with Gasteiger partial charge in [0.05, 0.1) is 0 Å². The van der Waals surface area contributed by atoms with Crippen LogP contribution in [0.4, 0.5) is 0 Å². The first-order valence-electron chi connectivity index (χ1n) is 11.5. The van der Waals surface area contributed by atoms with Gasteiger partial charge in [0.25, 0.3) is 0 Å². The standard InChI is InChI=1S/C26H34O3/c27-25-15-13-21(17-23(25)19-9-5-1-2-6-10-19)29-22-14-16-26(28)24(18-22)20-11-7-3-4-8-12-20/h13-20,27-28H,1-12H2. The highest BCUT2D eigenvalue weighted by Crippen LogP contribution is 2.41. The first kappa shape index (κ1) is 20.1. The fraction of sp³-hybridized carbons (Fsp3) is 0.538. The summed E-state index contributed by atoms with van der Waals surface area (Å²) in [5.41, 5.74) is 2.04. The first-order valence-corrected chi connectivity index (χ1v) is 11.5. The number of hydrogen-bond donors (Lipinski definition) is 2. The minimum absolute atomic E-state index is 0.383. The molecule has 3 nitrogen and oxygen atoms in total. The van der Waals surface area contributed by atoms with Crippen molar-refractivity contribution < 1.29 is 14.9 Å². The zero-order valence-corrected chi connectivity index (χ0v) is 17.4. The molecule has 0 bridgehead atoms. The number of aromatic hydroxyl groups is 2. The molecule has 0 amide bonds. The predicted molar refractivity (Wildman–Crippen MR) is 117 cm³/mol. The average Bonchev–Trinajstić information content (AvgIpc) is 3.16. The maximum Gasteiger partial charge on any atom is 0.127 e. The smallest absolute Gasteiger partial charge is 0.127 e. The van der Waals surface area contributed by atoms with E-state index in [1.165, 1.54) is 51.4 Å². The van der Waals surface area contributed by atoms with Crippen molar-refractivity contribution in [2.24, 2.45) is 0 Å². The lowest BCUT2D eigenvalue weighted by Gasteiger charge is -2.19. The zero-order chi connectivity index (χ0) is 20.1. The van der Waals surface area contributed by atoms with Crippen LogP contribution >= 0.6 is 0 Å². The van der Waals surface area contributed by atoms with Crippen molar-refractivity contribution >= 4 is 0 Å². The van der Waals surface area contributed by atoms with E-state index in [-0.39, 0.29) is 0 Å². The molecule has 0 spiro atoms. The van der Waals surface area contributed by atoms with Gasteiger partial charge in [0.2, 0.25) is 0 Å². The number of rotatable bonds is 4. The van der Waals surface area contributed by atoms with Crippen molar-refractivity contribution in [3.63, 3.8) is 0 Å². The molecule has 0 atom stereocenters. The molecule has 2 aromatic carbocycles. The Morgan fingerprint density at radius 2 is 0.931 bits per heavy atom. The van der Waals surface area contributed by atoms with E-state index in [0.29, 0.717) is 23.3 Å². The highest BCUT2D eigenvalue weighted by atomic mass is 16.5. The molecular weight excluding hydrogens is 360 g/mol. The molecule has 4 rings (SSSR count). The van der Waals surface area contributed by atoms with E-state index in [1.807, 2.05) is 24.3 Å². The summed E-state index contributed by atoms with van der Waals surface area (Å²) in [6, 6.07) is 11.2. The summed E-state index contributed by atoms with van der Waals surface area (Å²) in [5.74, 6) is 3.13. The summed E-state index contributed by atoms with van der Waals surface area (Å²) >= 11 is 0. The Hall–Kier alpha value is -2.16. The molecule has 0 radical (unpaired) electrons. The summed E-state index contributed by atoms with van der Waals surface area (Å²) in [6.45, 7) is 0. The van der Waals surface area contributed by atoms with Gasteiger partial charge in [-0.1, -0.05) is 51.4 Å². The fourth-order valence-electron chi connectivity index (χ4n) is 5.16. The van der Waals surface area contributed by atoms with E-state index in [1.54, 1.807) is 12.1 Å². The van der Waals surface area contributed by atoms with Gasteiger partial charge in [0, 0.05) is 11.1 Å². The van der Waals surface area contributed by atoms with Crippen LogP contribution in [0.15, 0.2) is 36.4 Å². The maximum atomic E-state index is 10.4. The number of hydrogen-bond acceptors (Lipinski definition) is 3. The summed E-state index contributed by atoms with van der Waals surface area (Å²) < 4.78 is 6.19. The summed E-state index contributed by atoms with van der Waals surface area (Å²) in [7, 11) is 0. The fourth-order valence-corrected chi connectivity index (χ4v) is 5.16. The molecule has 0 saturated heterocycles. The quantitative estimate of drug-likeness (QED) is 0.521. The lowest BCUT2D eigenvalue weighted by molar-refractivity contribution is 0.438. The van der Waals surface area contributed by atoms with Gasteiger partial charge in [-0.3, -0.25) is 0 Å². The van der Waals surface area contributed by atoms with Crippen LogP contribution < -0.4 is 4.74 Å². The van der Waals surface area contributed by atoms with Gasteiger partial charge in [-0.2, -0.15) is 0 Å². The van der Waals surface area contributed by atoms with Crippen LogP contribution in [0.2, 0.25) is 0 Å². The summed E-state index contributed by atoms with van der Waals surface area (Å²) in [6.07, 6.45) is 14.7. The first-order chi connectivity index (χ1) is 14.2. The Morgan fingerprint density at radius 3 is 1.31 bits per heavy atom. The van der Waals surface area contributed by atoms with Crippen molar-refractivity contribution in [1.82, 2.24) is 0 Å². The Bertz CT molecular complexity index is 730. The van der Waals surface area contributed by atoms with Gasteiger partial charge in [-0.05, 0) is 73.9 Å². The molecule has 2 saturated carbocycles. The molecule has 2 aliphatic carbocycles. The summed E-state index contributed by atoms with van der Waals surface area (Å²) in [4.78, 5) is 0. The van der Waals surface area contributed by atoms with Crippen LogP contribution in [0.1, 0.15) is 100 Å². The van der Waals surface area contributed by atoms with E-state index in [0.717, 1.165) is 48.3 Å². The van der Waals surface area contributed by atoms with Crippen molar-refractivity contribution in [3.05, 3.63) is 47.5 Å². The molecule has 2 N–H and O–H groups in total. The number of ether oxygens (including phenoxy) is 1. The van der Waals surface area contributed by atoms with E-state index in [9.17, 15) is 10.2 Å². The van der Waals surface area contributed by atoms with Gasteiger partial charge in [0.15, 0.2) is 0 Å². The minimum atomic E-state index is 0.383. The molecule has 0 unspecified atom stereocenters. The second-order valence-electron chi connectivity index (χ2n) is 8.92. The molecule has 0 aliphatic heterocycles. The Morgan fingerprint density at radius 1 is 0.552 bits per heavy atom. The SMILES string of the molecule is Oc1ccc(Oc2ccc(O)c(C3CCCCCC3)c2)cc1C1CCCCCC1. The molecule has 2 fully saturated rings. The molecule has 2 aromatic rings. The normalized spacial score (nSPS) is 19.4. The predicted octanol–water partition coefficient (Wildman–Crippen LogP) is 7.77. The lowest BCUT2D eigenvalue weighted by atomic mass is 9.90. The van der Waals surface area contributed by atoms with E-state index < -0.39 is 0 Å². The van der Waals surface area contributed by atoms with Crippen molar-refractivity contribution in [3.8, 4) is 23.0 Å². The second kappa shape index (κ2) is 9.56. The molecule has 0 aromatic heterocycles. The molecule has 29 heavy (non-hydrogen) atoms. The van der Waals surface area contributed by atoms with Crippen LogP contribution in [0.25, 0.3) is 0 Å². The van der Waals surface area contributed by atoms with Gasteiger partial charge in [0.1, 0.15) is 23.0 Å². The lowest BCUT2D eigenvalue weighted by Crippen LogP contribution is -2.00. The molecule has 3 heteroatoms. The third-order valence-electron chi connectivity index (χ3n) is 6.82. The molecular formula is C26H34O3. The van der Waals surface area contributed by atoms with E-state index >= 15 is 0 Å². The van der Waals surface area contributed by atoms with Crippen LogP contribution in [0.3, 0.4) is 0 Å². The van der Waals surface area contributed by atoms with Gasteiger partial charge < -0.3 is 14.9 Å². The van der Waals surface area contributed by atoms with E-state index in [4.69, 9.17) is 4.74 Å². The number of phenols is 2. The largest absolute Gasteiger partial charge is 0.508 e. The summed E-state index contributed by atoms with van der Waals surface area (Å²) in [5, 5.41) is 20.9. The third-order valence-corrected chi connectivity index (χ3v) is 6.82. The van der Waals surface area contributed by atoms with Gasteiger partial charge in [-0.25, -0.2) is 0 Å². The number of phenolic OH excluding ortho intramolecular Hbond substituents is 2. The van der Waals surface area contributed by atoms with Crippen LogP contribution in [0, 0.1) is 0 Å². The maximum absolute atomic E-state index is 10.4. The average molecular weight is 395 g/mol. The minimum Gasteiger partial charge on any atom is -0.508 e. The van der Waals surface area contributed by atoms with Crippen LogP contribution in [-0.4, -0.2) is 10.2 Å². The van der Waals surface area contributed by atoms with E-state index in [2.05, 4.69) is 0 Å². The van der Waals surface area contributed by atoms with Crippen molar-refractivity contribution in [2.45, 2.75) is 88.9 Å². The monoisotopic (exact) mass is 394 g/mol. The topological polar surface area (TPSA) is 49.7 Å².